The van der Waals surface area contributed by atoms with Crippen molar-refractivity contribution in [2.75, 3.05) is 26.2 Å². The van der Waals surface area contributed by atoms with E-state index in [-0.39, 0.29) is 36.3 Å². The molecule has 1 aliphatic heterocycles. The van der Waals surface area contributed by atoms with Crippen molar-refractivity contribution >= 4 is 12.0 Å². The topological polar surface area (TPSA) is 82.1 Å². The van der Waals surface area contributed by atoms with Gasteiger partial charge < -0.3 is 20.1 Å². The van der Waals surface area contributed by atoms with Gasteiger partial charge in [0.2, 0.25) is 0 Å². The number of hydrogen-bond donors (Lipinski definition) is 2. The summed E-state index contributed by atoms with van der Waals surface area (Å²) in [6.45, 7) is 9.92. The fraction of sp³-hybridized carbons (Fsp3) is 0.875. The minimum absolute atomic E-state index is 0.0197. The van der Waals surface area contributed by atoms with Crippen molar-refractivity contribution < 1.29 is 19.4 Å². The Morgan fingerprint density at radius 3 is 2.61 bits per heavy atom. The van der Waals surface area contributed by atoms with Crippen molar-refractivity contribution in [2.45, 2.75) is 64.3 Å². The molecule has 7 heteroatoms. The van der Waals surface area contributed by atoms with Crippen molar-refractivity contribution in [2.24, 2.45) is 0 Å². The van der Waals surface area contributed by atoms with Crippen molar-refractivity contribution in [3.8, 4) is 0 Å². The average Bonchev–Trinajstić information content (AvgIpc) is 2.42. The molecule has 1 aliphatic carbocycles. The maximum Gasteiger partial charge on any atom is 0.318 e. The zero-order valence-corrected chi connectivity index (χ0v) is 14.5. The summed E-state index contributed by atoms with van der Waals surface area (Å²) in [6, 6.07) is 0.360. The molecule has 0 bridgehead atoms. The molecule has 1 unspecified atom stereocenters. The highest BCUT2D eigenvalue weighted by atomic mass is 16.5. The second-order valence-electron chi connectivity index (χ2n) is 7.05. The Morgan fingerprint density at radius 2 is 2.04 bits per heavy atom. The molecule has 0 radical (unpaired) electrons. The molecule has 23 heavy (non-hydrogen) atoms. The van der Waals surface area contributed by atoms with Gasteiger partial charge in [-0.1, -0.05) is 6.92 Å². The number of hydrogen-bond acceptors (Lipinski definition) is 4. The first kappa shape index (κ1) is 18.0. The van der Waals surface area contributed by atoms with Crippen molar-refractivity contribution in [3.05, 3.63) is 0 Å². The molecule has 2 N–H and O–H groups in total. The molecule has 1 atom stereocenters. The van der Waals surface area contributed by atoms with Gasteiger partial charge in [-0.3, -0.25) is 9.69 Å². The first-order chi connectivity index (χ1) is 10.7. The smallest absolute Gasteiger partial charge is 0.318 e. The van der Waals surface area contributed by atoms with Crippen LogP contribution in [0.5, 0.6) is 0 Å². The van der Waals surface area contributed by atoms with E-state index in [4.69, 9.17) is 9.84 Å². The largest absolute Gasteiger partial charge is 0.480 e. The van der Waals surface area contributed by atoms with Crippen LogP contribution in [0, 0.1) is 0 Å². The number of morpholine rings is 1. The third-order valence-electron chi connectivity index (χ3n) is 5.24. The SMILES string of the molecule is CCN(CC(=O)O)C1CC(NC(=O)N2CCOC(C)(C)C2C)C1. The summed E-state index contributed by atoms with van der Waals surface area (Å²) in [5, 5.41) is 12.0. The number of amides is 2. The van der Waals surface area contributed by atoms with Gasteiger partial charge in [-0.25, -0.2) is 4.79 Å². The third kappa shape index (κ3) is 4.14. The number of carboxylic acid groups (broad SMARTS) is 1. The number of nitrogens with zero attached hydrogens (tertiary/aromatic N) is 2. The van der Waals surface area contributed by atoms with Crippen LogP contribution in [0.2, 0.25) is 0 Å². The van der Waals surface area contributed by atoms with Crippen LogP contribution in [0.4, 0.5) is 4.79 Å². The Labute approximate surface area is 138 Å². The summed E-state index contributed by atoms with van der Waals surface area (Å²) < 4.78 is 5.72. The van der Waals surface area contributed by atoms with Crippen LogP contribution in [-0.2, 0) is 9.53 Å². The Bertz CT molecular complexity index is 449. The van der Waals surface area contributed by atoms with Crippen LogP contribution in [0.1, 0.15) is 40.5 Å². The number of carbonyl (C=O) groups excluding carboxylic acids is 1. The van der Waals surface area contributed by atoms with Crippen LogP contribution < -0.4 is 5.32 Å². The van der Waals surface area contributed by atoms with E-state index in [1.165, 1.54) is 0 Å². The Balaban J connectivity index is 1.81. The van der Waals surface area contributed by atoms with Gasteiger partial charge in [0.25, 0.3) is 0 Å². The zero-order chi connectivity index (χ0) is 17.2. The molecule has 1 saturated heterocycles. The van der Waals surface area contributed by atoms with Gasteiger partial charge in [0.15, 0.2) is 0 Å². The molecule has 1 heterocycles. The van der Waals surface area contributed by atoms with Crippen LogP contribution in [0.25, 0.3) is 0 Å². The van der Waals surface area contributed by atoms with Crippen molar-refractivity contribution in [1.29, 1.82) is 0 Å². The first-order valence-electron chi connectivity index (χ1n) is 8.41. The van der Waals surface area contributed by atoms with Gasteiger partial charge in [-0.15, -0.1) is 0 Å². The molecule has 2 fully saturated rings. The van der Waals surface area contributed by atoms with Crippen LogP contribution in [0.3, 0.4) is 0 Å². The number of likely N-dealkylation sites (N-methyl/N-ethyl adjacent to an activating group) is 1. The van der Waals surface area contributed by atoms with Gasteiger partial charge in [-0.2, -0.15) is 0 Å². The van der Waals surface area contributed by atoms with E-state index >= 15 is 0 Å². The van der Waals surface area contributed by atoms with Crippen LogP contribution in [0.15, 0.2) is 0 Å². The van der Waals surface area contributed by atoms with E-state index in [9.17, 15) is 9.59 Å². The zero-order valence-electron chi connectivity index (χ0n) is 14.5. The summed E-state index contributed by atoms with van der Waals surface area (Å²) in [5.41, 5.74) is -0.335. The molecule has 0 spiro atoms. The molecular formula is C16H29N3O4. The number of ether oxygens (including phenoxy) is 1. The van der Waals surface area contributed by atoms with Crippen molar-refractivity contribution in [3.63, 3.8) is 0 Å². The summed E-state index contributed by atoms with van der Waals surface area (Å²) in [7, 11) is 0. The number of urea groups is 1. The quantitative estimate of drug-likeness (QED) is 0.791. The number of carbonyl (C=O) groups is 2. The highest BCUT2D eigenvalue weighted by Gasteiger charge is 2.40. The predicted octanol–water partition coefficient (Wildman–Crippen LogP) is 1.13. The van der Waals surface area contributed by atoms with Crippen molar-refractivity contribution in [1.82, 2.24) is 15.1 Å². The second-order valence-corrected chi connectivity index (χ2v) is 7.05. The maximum absolute atomic E-state index is 12.5. The minimum Gasteiger partial charge on any atom is -0.480 e. The summed E-state index contributed by atoms with van der Waals surface area (Å²) >= 11 is 0. The fourth-order valence-corrected chi connectivity index (χ4v) is 3.31. The molecule has 0 aromatic rings. The Hall–Kier alpha value is -1.34. The van der Waals surface area contributed by atoms with Crippen LogP contribution >= 0.6 is 0 Å². The molecule has 2 aliphatic rings. The normalized spacial score (nSPS) is 30.0. The minimum atomic E-state index is -0.802. The lowest BCUT2D eigenvalue weighted by molar-refractivity contribution is -0.139. The Kier molecular flexibility index (Phi) is 5.52. The maximum atomic E-state index is 12.5. The van der Waals surface area contributed by atoms with E-state index in [0.29, 0.717) is 19.7 Å². The van der Waals surface area contributed by atoms with E-state index in [1.807, 2.05) is 37.5 Å². The van der Waals surface area contributed by atoms with Gasteiger partial charge in [0, 0.05) is 18.6 Å². The molecule has 132 valence electrons. The third-order valence-corrected chi connectivity index (χ3v) is 5.24. The number of carboxylic acids is 1. The lowest BCUT2D eigenvalue weighted by Crippen LogP contribution is -2.62. The van der Waals surface area contributed by atoms with E-state index in [2.05, 4.69) is 5.32 Å². The van der Waals surface area contributed by atoms with Gasteiger partial charge in [0.05, 0.1) is 24.8 Å². The second kappa shape index (κ2) is 7.05. The summed E-state index contributed by atoms with van der Waals surface area (Å²) in [6.07, 6.45) is 1.63. The molecule has 7 nitrogen and oxygen atoms in total. The van der Waals surface area contributed by atoms with Gasteiger partial charge >= 0.3 is 12.0 Å². The highest BCUT2D eigenvalue weighted by Crippen LogP contribution is 2.27. The van der Waals surface area contributed by atoms with E-state index < -0.39 is 5.97 Å². The molecule has 2 amide bonds. The predicted molar refractivity (Wildman–Crippen MR) is 86.4 cm³/mol. The molecule has 0 aromatic carbocycles. The first-order valence-corrected chi connectivity index (χ1v) is 8.41. The number of rotatable bonds is 5. The van der Waals surface area contributed by atoms with Gasteiger partial charge in [0.1, 0.15) is 0 Å². The molecule has 2 rings (SSSR count). The van der Waals surface area contributed by atoms with E-state index in [1.54, 1.807) is 0 Å². The molecule has 1 saturated carbocycles. The summed E-state index contributed by atoms with van der Waals surface area (Å²) in [4.78, 5) is 27.1. The monoisotopic (exact) mass is 327 g/mol. The van der Waals surface area contributed by atoms with Gasteiger partial charge in [-0.05, 0) is 40.2 Å². The fourth-order valence-electron chi connectivity index (χ4n) is 3.31. The lowest BCUT2D eigenvalue weighted by atomic mass is 9.85. The van der Waals surface area contributed by atoms with E-state index in [0.717, 1.165) is 12.8 Å². The number of aliphatic carboxylic acids is 1. The number of nitrogens with one attached hydrogen (secondary N) is 1. The highest BCUT2D eigenvalue weighted by molar-refractivity contribution is 5.75. The Morgan fingerprint density at radius 1 is 1.39 bits per heavy atom. The average molecular weight is 327 g/mol. The standard InChI is InChI=1S/C16H29N3O4/c1-5-18(10-14(20)21)13-8-12(9-13)17-15(22)19-6-7-23-16(3,4)11(19)2/h11-13H,5-10H2,1-4H3,(H,17,22)(H,20,21). The lowest BCUT2D eigenvalue weighted by Gasteiger charge is -2.46. The molecule has 0 aromatic heterocycles. The van der Waals surface area contributed by atoms with Crippen LogP contribution in [-0.4, -0.2) is 76.9 Å². The summed E-state index contributed by atoms with van der Waals surface area (Å²) in [5.74, 6) is -0.802. The molecular weight excluding hydrogens is 298 g/mol.